The Morgan fingerprint density at radius 1 is 1.09 bits per heavy atom. The average Bonchev–Trinajstić information content (AvgIpc) is 2.59. The first-order valence-electron chi connectivity index (χ1n) is 7.80. The highest BCUT2D eigenvalue weighted by atomic mass is 35.5. The minimum atomic E-state index is 0.205. The molecule has 0 saturated carbocycles. The van der Waals surface area contributed by atoms with Gasteiger partial charge in [0.15, 0.2) is 11.5 Å². The third-order valence-electron chi connectivity index (χ3n) is 4.71. The fourth-order valence-electron chi connectivity index (χ4n) is 3.51. The first kappa shape index (κ1) is 14.6. The Bertz CT molecular complexity index is 907. The predicted octanol–water partition coefficient (Wildman–Crippen LogP) is 4.50. The summed E-state index contributed by atoms with van der Waals surface area (Å²) >= 11 is 6.39. The zero-order chi connectivity index (χ0) is 16.0. The van der Waals surface area contributed by atoms with E-state index in [1.807, 2.05) is 18.3 Å². The van der Waals surface area contributed by atoms with Gasteiger partial charge in [-0.2, -0.15) is 0 Å². The van der Waals surface area contributed by atoms with Crippen molar-refractivity contribution >= 4 is 33.3 Å². The lowest BCUT2D eigenvalue weighted by atomic mass is 9.88. The fourth-order valence-corrected chi connectivity index (χ4v) is 3.77. The van der Waals surface area contributed by atoms with Gasteiger partial charge in [-0.15, -0.1) is 11.6 Å². The number of rotatable bonds is 2. The van der Waals surface area contributed by atoms with E-state index in [0.717, 1.165) is 52.4 Å². The summed E-state index contributed by atoms with van der Waals surface area (Å²) in [5.74, 6) is 1.46. The number of benzene rings is 2. The van der Waals surface area contributed by atoms with Gasteiger partial charge in [-0.25, -0.2) is 0 Å². The van der Waals surface area contributed by atoms with E-state index in [-0.39, 0.29) is 5.38 Å². The van der Waals surface area contributed by atoms with Crippen molar-refractivity contribution in [3.63, 3.8) is 0 Å². The first-order valence-corrected chi connectivity index (χ1v) is 8.24. The Kier molecular flexibility index (Phi) is 3.53. The topological polar surface area (TPSA) is 31.4 Å². The maximum absolute atomic E-state index is 6.39. The van der Waals surface area contributed by atoms with Gasteiger partial charge < -0.3 is 9.47 Å². The van der Waals surface area contributed by atoms with E-state index in [1.54, 1.807) is 14.2 Å². The summed E-state index contributed by atoms with van der Waals surface area (Å²) in [7, 11) is 3.31. The molecule has 0 aliphatic heterocycles. The zero-order valence-electron chi connectivity index (χ0n) is 13.2. The van der Waals surface area contributed by atoms with Crippen LogP contribution in [0.4, 0.5) is 0 Å². The van der Waals surface area contributed by atoms with Crippen LogP contribution in [0.5, 0.6) is 11.5 Å². The van der Waals surface area contributed by atoms with E-state index >= 15 is 0 Å². The molecule has 0 radical (unpaired) electrons. The summed E-state index contributed by atoms with van der Waals surface area (Å²) in [6.45, 7) is 0. The fraction of sp³-hybridized carbons (Fsp3) is 0.316. The van der Waals surface area contributed by atoms with Gasteiger partial charge >= 0.3 is 0 Å². The molecule has 1 unspecified atom stereocenters. The van der Waals surface area contributed by atoms with E-state index in [2.05, 4.69) is 12.1 Å². The number of nitrogens with zero attached hydrogens (tertiary/aromatic N) is 1. The van der Waals surface area contributed by atoms with Crippen LogP contribution in [0.1, 0.15) is 17.5 Å². The van der Waals surface area contributed by atoms with Crippen molar-refractivity contribution in [2.45, 2.75) is 24.6 Å². The van der Waals surface area contributed by atoms with E-state index in [1.165, 1.54) is 11.1 Å². The summed E-state index contributed by atoms with van der Waals surface area (Å²) in [6.07, 6.45) is 4.88. The molecule has 0 bridgehead atoms. The largest absolute Gasteiger partial charge is 0.493 e. The molecule has 4 heteroatoms. The Hall–Kier alpha value is -2.00. The standard InChI is InChI=1S/C19H18ClNO2/c1-22-17-7-12-10-21-19-14(15(12)9-18(17)23-2)6-4-11-3-5-13(20)8-16(11)19/h4,6-7,9-10,13H,3,5,8H2,1-2H3. The van der Waals surface area contributed by atoms with Gasteiger partial charge in [-0.1, -0.05) is 12.1 Å². The van der Waals surface area contributed by atoms with Gasteiger partial charge in [0.05, 0.1) is 19.7 Å². The molecule has 1 heterocycles. The van der Waals surface area contributed by atoms with Crippen molar-refractivity contribution in [2.75, 3.05) is 14.2 Å². The smallest absolute Gasteiger partial charge is 0.161 e. The number of aromatic nitrogens is 1. The number of ether oxygens (including phenoxy) is 2. The van der Waals surface area contributed by atoms with Gasteiger partial charge in [0.2, 0.25) is 0 Å². The van der Waals surface area contributed by atoms with Gasteiger partial charge in [0.25, 0.3) is 0 Å². The number of alkyl halides is 1. The molecule has 0 saturated heterocycles. The molecule has 0 fully saturated rings. The van der Waals surface area contributed by atoms with Crippen LogP contribution < -0.4 is 9.47 Å². The number of hydrogen-bond donors (Lipinski definition) is 0. The van der Waals surface area contributed by atoms with Gasteiger partial charge in [-0.05, 0) is 47.9 Å². The third kappa shape index (κ3) is 2.31. The highest BCUT2D eigenvalue weighted by Crippen LogP contribution is 2.37. The Morgan fingerprint density at radius 3 is 2.65 bits per heavy atom. The Labute approximate surface area is 140 Å². The van der Waals surface area contributed by atoms with Gasteiger partial charge in [0.1, 0.15) is 0 Å². The van der Waals surface area contributed by atoms with E-state index in [9.17, 15) is 0 Å². The van der Waals surface area contributed by atoms with Crippen LogP contribution >= 0.6 is 11.6 Å². The minimum Gasteiger partial charge on any atom is -0.493 e. The van der Waals surface area contributed by atoms with Crippen LogP contribution in [0.15, 0.2) is 30.5 Å². The quantitative estimate of drug-likeness (QED) is 0.513. The Morgan fingerprint density at radius 2 is 1.87 bits per heavy atom. The lowest BCUT2D eigenvalue weighted by Crippen LogP contribution is -2.14. The van der Waals surface area contributed by atoms with Crippen molar-refractivity contribution in [3.05, 3.63) is 41.6 Å². The summed E-state index contributed by atoms with van der Waals surface area (Å²) in [6, 6.07) is 8.40. The molecule has 2 aromatic carbocycles. The highest BCUT2D eigenvalue weighted by molar-refractivity contribution is 6.21. The van der Waals surface area contributed by atoms with Crippen LogP contribution in [-0.4, -0.2) is 24.6 Å². The number of pyridine rings is 1. The lowest BCUT2D eigenvalue weighted by molar-refractivity contribution is 0.356. The molecule has 3 aromatic rings. The molecule has 0 N–H and O–H groups in total. The molecule has 118 valence electrons. The van der Waals surface area contributed by atoms with Crippen LogP contribution in [-0.2, 0) is 12.8 Å². The molecular formula is C19H18ClNO2. The molecule has 0 spiro atoms. The third-order valence-corrected chi connectivity index (χ3v) is 5.08. The molecule has 3 nitrogen and oxygen atoms in total. The number of fused-ring (bicyclic) bond motifs is 5. The molecule has 1 atom stereocenters. The van der Waals surface area contributed by atoms with E-state index in [0.29, 0.717) is 0 Å². The van der Waals surface area contributed by atoms with Crippen LogP contribution in [0.2, 0.25) is 0 Å². The van der Waals surface area contributed by atoms with Crippen LogP contribution in [0.25, 0.3) is 21.7 Å². The molecule has 23 heavy (non-hydrogen) atoms. The summed E-state index contributed by atoms with van der Waals surface area (Å²) in [5, 5.41) is 3.53. The maximum Gasteiger partial charge on any atom is 0.161 e. The second kappa shape index (κ2) is 5.57. The maximum atomic E-state index is 6.39. The van der Waals surface area contributed by atoms with Gasteiger partial charge in [-0.3, -0.25) is 4.98 Å². The number of halogens is 1. The van der Waals surface area contributed by atoms with E-state index < -0.39 is 0 Å². The zero-order valence-corrected chi connectivity index (χ0v) is 14.0. The molecule has 0 amide bonds. The van der Waals surface area contributed by atoms with Gasteiger partial charge in [0, 0.05) is 22.3 Å². The number of aryl methyl sites for hydroxylation is 1. The second-order valence-corrected chi connectivity index (χ2v) is 6.61. The molecular weight excluding hydrogens is 310 g/mol. The van der Waals surface area contributed by atoms with Crippen LogP contribution in [0, 0.1) is 0 Å². The van der Waals surface area contributed by atoms with Crippen molar-refractivity contribution < 1.29 is 9.47 Å². The molecule has 1 aliphatic rings. The van der Waals surface area contributed by atoms with Crippen molar-refractivity contribution in [2.24, 2.45) is 0 Å². The SMILES string of the molecule is COc1cc2cnc3c4c(ccc3c2cc1OC)CCC(Cl)C4. The van der Waals surface area contributed by atoms with E-state index in [4.69, 9.17) is 26.1 Å². The lowest BCUT2D eigenvalue weighted by Gasteiger charge is -2.21. The van der Waals surface area contributed by atoms with Crippen molar-refractivity contribution in [3.8, 4) is 11.5 Å². The summed E-state index contributed by atoms with van der Waals surface area (Å²) < 4.78 is 10.8. The minimum absolute atomic E-state index is 0.205. The molecule has 1 aliphatic carbocycles. The predicted molar refractivity (Wildman–Crippen MR) is 94.0 cm³/mol. The molecule has 4 rings (SSSR count). The number of hydrogen-bond acceptors (Lipinski definition) is 3. The van der Waals surface area contributed by atoms with Crippen molar-refractivity contribution in [1.82, 2.24) is 4.98 Å². The number of methoxy groups -OCH3 is 2. The summed E-state index contributed by atoms with van der Waals surface area (Å²) in [5.41, 5.74) is 3.74. The highest BCUT2D eigenvalue weighted by Gasteiger charge is 2.20. The monoisotopic (exact) mass is 327 g/mol. The normalized spacial score (nSPS) is 17.3. The van der Waals surface area contributed by atoms with Crippen LogP contribution in [0.3, 0.4) is 0 Å². The molecule has 1 aromatic heterocycles. The first-order chi connectivity index (χ1) is 11.2. The van der Waals surface area contributed by atoms with Crippen molar-refractivity contribution in [1.29, 1.82) is 0 Å². The summed E-state index contributed by atoms with van der Waals surface area (Å²) in [4.78, 5) is 4.73. The Balaban J connectivity index is 2.03. The average molecular weight is 328 g/mol. The second-order valence-electron chi connectivity index (χ2n) is 5.99.